The molecule has 2 N–H and O–H groups in total. The minimum absolute atomic E-state index is 0.127. The quantitative estimate of drug-likeness (QED) is 0.566. The number of thioether (sulfide) groups is 1. The maximum atomic E-state index is 13.5. The van der Waals surface area contributed by atoms with E-state index in [0.29, 0.717) is 19.2 Å². The lowest BCUT2D eigenvalue weighted by molar-refractivity contribution is -0.129. The minimum atomic E-state index is -0.546. The lowest BCUT2D eigenvalue weighted by Crippen LogP contribution is -2.53. The van der Waals surface area contributed by atoms with Crippen molar-refractivity contribution in [1.29, 1.82) is 0 Å². The number of benzene rings is 1. The van der Waals surface area contributed by atoms with Crippen molar-refractivity contribution in [3.8, 4) is 5.75 Å². The summed E-state index contributed by atoms with van der Waals surface area (Å²) in [5.74, 6) is 0.517. The van der Waals surface area contributed by atoms with Crippen LogP contribution in [0, 0.1) is 6.92 Å². The van der Waals surface area contributed by atoms with Crippen molar-refractivity contribution in [1.82, 2.24) is 20.5 Å². The molecule has 6 rings (SSSR count). The molecule has 3 atom stereocenters. The molecule has 37 heavy (non-hydrogen) atoms. The molecule has 1 aromatic carbocycles. The van der Waals surface area contributed by atoms with Crippen LogP contribution >= 0.6 is 11.8 Å². The number of amides is 4. The van der Waals surface area contributed by atoms with E-state index >= 15 is 0 Å². The maximum Gasteiger partial charge on any atom is 0.327 e. The van der Waals surface area contributed by atoms with Gasteiger partial charge in [-0.2, -0.15) is 0 Å². The molecular weight excluding hydrogens is 490 g/mol. The van der Waals surface area contributed by atoms with E-state index in [0.717, 1.165) is 59.0 Å². The van der Waals surface area contributed by atoms with Crippen LogP contribution in [0.15, 0.2) is 48.1 Å². The van der Waals surface area contributed by atoms with Crippen LogP contribution in [-0.4, -0.2) is 58.2 Å². The fourth-order valence-corrected chi connectivity index (χ4v) is 6.54. The Balaban J connectivity index is 1.23. The highest BCUT2D eigenvalue weighted by Crippen LogP contribution is 2.51. The molecule has 3 aliphatic heterocycles. The van der Waals surface area contributed by atoms with Crippen molar-refractivity contribution in [3.05, 3.63) is 54.2 Å². The smallest absolute Gasteiger partial charge is 0.327 e. The number of pyridine rings is 1. The highest BCUT2D eigenvalue weighted by molar-refractivity contribution is 8.01. The van der Waals surface area contributed by atoms with Crippen LogP contribution in [0.2, 0.25) is 0 Å². The molecule has 2 aromatic rings. The summed E-state index contributed by atoms with van der Waals surface area (Å²) >= 11 is 1.37. The van der Waals surface area contributed by atoms with Gasteiger partial charge in [-0.25, -0.2) is 9.78 Å². The number of ether oxygens (including phenoxy) is 1. The zero-order valence-corrected chi connectivity index (χ0v) is 21.4. The lowest BCUT2D eigenvalue weighted by atomic mass is 9.98. The molecule has 1 aromatic heterocycles. The zero-order valence-electron chi connectivity index (χ0n) is 20.6. The van der Waals surface area contributed by atoms with E-state index in [1.165, 1.54) is 17.8 Å². The molecule has 192 valence electrons. The number of aromatic nitrogens is 1. The van der Waals surface area contributed by atoms with Gasteiger partial charge in [0.15, 0.2) is 0 Å². The molecule has 0 spiro atoms. The molecule has 9 nitrogen and oxygen atoms in total. The number of rotatable bonds is 6. The Morgan fingerprint density at radius 3 is 2.84 bits per heavy atom. The molecule has 2 fully saturated rings. The van der Waals surface area contributed by atoms with Gasteiger partial charge in [-0.05, 0) is 68.5 Å². The summed E-state index contributed by atoms with van der Waals surface area (Å²) in [6.45, 7) is 6.64. The summed E-state index contributed by atoms with van der Waals surface area (Å²) in [5, 5.41) is 6.38. The molecule has 4 aliphatic rings. The first-order valence-electron chi connectivity index (χ1n) is 12.7. The van der Waals surface area contributed by atoms with Gasteiger partial charge < -0.3 is 20.3 Å². The third-order valence-electron chi connectivity index (χ3n) is 7.25. The zero-order chi connectivity index (χ0) is 25.7. The molecule has 1 saturated carbocycles. The van der Waals surface area contributed by atoms with Gasteiger partial charge in [0.2, 0.25) is 11.8 Å². The Kier molecular flexibility index (Phi) is 6.06. The van der Waals surface area contributed by atoms with E-state index in [4.69, 9.17) is 4.74 Å². The SMILES string of the molecule is C=CC(=O)N1CCCC(NC(=O)[C@@H]2Sc3nccc4c3C2NC(=O)N4c2ccc(OC3CC3)cc2C)C1. The predicted octanol–water partition coefficient (Wildman–Crippen LogP) is 3.60. The molecule has 4 amide bonds. The normalized spacial score (nSPS) is 24.2. The third kappa shape index (κ3) is 4.43. The second-order valence-electron chi connectivity index (χ2n) is 9.95. The number of urea groups is 1. The van der Waals surface area contributed by atoms with E-state index in [1.54, 1.807) is 16.0 Å². The van der Waals surface area contributed by atoms with Gasteiger partial charge in [-0.1, -0.05) is 18.3 Å². The summed E-state index contributed by atoms with van der Waals surface area (Å²) in [4.78, 5) is 46.8. The molecule has 1 aliphatic carbocycles. The van der Waals surface area contributed by atoms with Crippen LogP contribution in [-0.2, 0) is 9.59 Å². The summed E-state index contributed by atoms with van der Waals surface area (Å²) in [6.07, 6.45) is 7.06. The number of piperidine rings is 1. The fourth-order valence-electron chi connectivity index (χ4n) is 5.30. The minimum Gasteiger partial charge on any atom is -0.490 e. The molecule has 4 heterocycles. The first kappa shape index (κ1) is 23.8. The van der Waals surface area contributed by atoms with Crippen molar-refractivity contribution in [2.75, 3.05) is 18.0 Å². The lowest BCUT2D eigenvalue weighted by Gasteiger charge is -2.36. The summed E-state index contributed by atoms with van der Waals surface area (Å²) in [5.41, 5.74) is 3.28. The molecular formula is C27H29N5O4S. The molecule has 0 radical (unpaired) electrons. The first-order valence-corrected chi connectivity index (χ1v) is 13.6. The third-order valence-corrected chi connectivity index (χ3v) is 8.54. The Morgan fingerprint density at radius 1 is 1.24 bits per heavy atom. The van der Waals surface area contributed by atoms with Crippen LogP contribution in [0.5, 0.6) is 5.75 Å². The number of hydrogen-bond acceptors (Lipinski definition) is 6. The summed E-state index contributed by atoms with van der Waals surface area (Å²) < 4.78 is 5.92. The Morgan fingerprint density at radius 2 is 2.08 bits per heavy atom. The van der Waals surface area contributed by atoms with E-state index in [9.17, 15) is 14.4 Å². The van der Waals surface area contributed by atoms with Crippen molar-refractivity contribution in [2.45, 2.75) is 61.1 Å². The standard InChI is InChI=1S/C27H29N5O4S/c1-3-21(33)31-12-4-5-16(14-31)29-25(34)24-23-22-20(10-11-28-26(22)37-24)32(27(35)30-23)19-9-8-18(13-15(19)2)36-17-6-7-17/h3,8-11,13,16-17,23-24H,1,4-7,12,14H2,2H3,(H,29,34)(H,30,35)/t16?,23?,24-/m1/s1. The van der Waals surface area contributed by atoms with E-state index < -0.39 is 11.3 Å². The van der Waals surface area contributed by atoms with Crippen LogP contribution < -0.4 is 20.3 Å². The number of hydrogen-bond donors (Lipinski definition) is 2. The van der Waals surface area contributed by atoms with E-state index in [2.05, 4.69) is 22.2 Å². The van der Waals surface area contributed by atoms with Gasteiger partial charge >= 0.3 is 6.03 Å². The Labute approximate surface area is 219 Å². The van der Waals surface area contributed by atoms with Crippen LogP contribution in [0.25, 0.3) is 0 Å². The highest BCUT2D eigenvalue weighted by Gasteiger charge is 2.47. The number of carbonyl (C=O) groups is 3. The highest BCUT2D eigenvalue weighted by atomic mass is 32.2. The maximum absolute atomic E-state index is 13.5. The summed E-state index contributed by atoms with van der Waals surface area (Å²) in [6, 6.07) is 6.69. The number of nitrogens with zero attached hydrogens (tertiary/aromatic N) is 3. The van der Waals surface area contributed by atoms with Gasteiger partial charge in [0.1, 0.15) is 16.0 Å². The average Bonchev–Trinajstić information content (AvgIpc) is 3.63. The summed E-state index contributed by atoms with van der Waals surface area (Å²) in [7, 11) is 0. The first-order chi connectivity index (χ1) is 17.9. The Bertz CT molecular complexity index is 1300. The molecule has 1 saturated heterocycles. The van der Waals surface area contributed by atoms with Crippen molar-refractivity contribution >= 4 is 41.0 Å². The van der Waals surface area contributed by atoms with Gasteiger partial charge in [0, 0.05) is 30.9 Å². The van der Waals surface area contributed by atoms with Crippen LogP contribution in [0.4, 0.5) is 16.2 Å². The van der Waals surface area contributed by atoms with Crippen molar-refractivity contribution < 1.29 is 19.1 Å². The van der Waals surface area contributed by atoms with Crippen molar-refractivity contribution in [2.24, 2.45) is 0 Å². The second kappa shape index (κ2) is 9.41. The molecule has 0 bridgehead atoms. The van der Waals surface area contributed by atoms with Crippen LogP contribution in [0.1, 0.15) is 42.9 Å². The predicted molar refractivity (Wildman–Crippen MR) is 140 cm³/mol. The van der Waals surface area contributed by atoms with Gasteiger partial charge in [0.25, 0.3) is 0 Å². The van der Waals surface area contributed by atoms with Gasteiger partial charge in [0.05, 0.1) is 23.5 Å². The number of likely N-dealkylation sites (tertiary alicyclic amines) is 1. The fraction of sp³-hybridized carbons (Fsp3) is 0.407. The van der Waals surface area contributed by atoms with E-state index in [-0.39, 0.29) is 23.9 Å². The molecule has 2 unspecified atom stereocenters. The van der Waals surface area contributed by atoms with Crippen molar-refractivity contribution in [3.63, 3.8) is 0 Å². The topological polar surface area (TPSA) is 104 Å². The van der Waals surface area contributed by atoms with Gasteiger partial charge in [-0.3, -0.25) is 14.5 Å². The number of anilines is 2. The number of nitrogens with one attached hydrogen (secondary N) is 2. The van der Waals surface area contributed by atoms with Gasteiger partial charge in [-0.15, -0.1) is 0 Å². The largest absolute Gasteiger partial charge is 0.490 e. The monoisotopic (exact) mass is 519 g/mol. The van der Waals surface area contributed by atoms with Crippen LogP contribution in [0.3, 0.4) is 0 Å². The molecule has 10 heteroatoms. The second-order valence-corrected chi connectivity index (χ2v) is 11.1. The number of carbonyl (C=O) groups excluding carboxylic acids is 3. The number of aryl methyl sites for hydroxylation is 1. The average molecular weight is 520 g/mol. The van der Waals surface area contributed by atoms with E-state index in [1.807, 2.05) is 31.2 Å². The Hall–Kier alpha value is -3.53.